The van der Waals surface area contributed by atoms with Crippen molar-refractivity contribution in [1.29, 1.82) is 0 Å². The van der Waals surface area contributed by atoms with E-state index in [4.69, 9.17) is 17.3 Å². The maximum absolute atomic E-state index is 12.9. The molecule has 2 aromatic rings. The van der Waals surface area contributed by atoms with Crippen molar-refractivity contribution >= 4 is 17.4 Å². The Bertz CT molecular complexity index is 590. The highest BCUT2D eigenvalue weighted by Crippen LogP contribution is 2.42. The molecule has 18 heavy (non-hydrogen) atoms. The number of aromatic nitrogens is 2. The second-order valence-corrected chi connectivity index (χ2v) is 4.13. The van der Waals surface area contributed by atoms with Crippen LogP contribution in [0.15, 0.2) is 24.4 Å². The molecular weight excluding hydrogens is 267 g/mol. The zero-order valence-electron chi connectivity index (χ0n) is 9.29. The van der Waals surface area contributed by atoms with Crippen molar-refractivity contribution in [2.24, 2.45) is 7.05 Å². The highest BCUT2D eigenvalue weighted by molar-refractivity contribution is 6.33. The molecule has 0 atom stereocenters. The molecule has 0 amide bonds. The second-order valence-electron chi connectivity index (χ2n) is 3.73. The number of benzene rings is 1. The number of hydrogen-bond acceptors (Lipinski definition) is 2. The average Bonchev–Trinajstić information content (AvgIpc) is 2.59. The van der Waals surface area contributed by atoms with Gasteiger partial charge in [-0.1, -0.05) is 17.7 Å². The van der Waals surface area contributed by atoms with E-state index in [-0.39, 0.29) is 22.0 Å². The molecule has 1 aromatic carbocycles. The van der Waals surface area contributed by atoms with E-state index in [2.05, 4.69) is 5.10 Å². The summed E-state index contributed by atoms with van der Waals surface area (Å²) in [5.41, 5.74) is 4.90. The number of alkyl halides is 3. The number of nitrogens with two attached hydrogens (primary N) is 1. The van der Waals surface area contributed by atoms with Crippen LogP contribution in [0.25, 0.3) is 11.1 Å². The van der Waals surface area contributed by atoms with Crippen LogP contribution in [0.1, 0.15) is 5.56 Å². The smallest absolute Gasteiger partial charge is 0.383 e. The topological polar surface area (TPSA) is 43.8 Å². The predicted molar refractivity (Wildman–Crippen MR) is 63.1 cm³/mol. The second kappa shape index (κ2) is 4.20. The summed E-state index contributed by atoms with van der Waals surface area (Å²) < 4.78 is 40.1. The molecule has 0 saturated carbocycles. The Morgan fingerprint density at radius 2 is 2.00 bits per heavy atom. The van der Waals surface area contributed by atoms with Crippen molar-refractivity contribution in [3.63, 3.8) is 0 Å². The SMILES string of the molecule is Cn1ncc(-c2c(Cl)cccc2C(F)(F)F)c1N. The minimum atomic E-state index is -4.50. The van der Waals surface area contributed by atoms with Crippen molar-refractivity contribution in [3.8, 4) is 11.1 Å². The summed E-state index contributed by atoms with van der Waals surface area (Å²) >= 11 is 5.86. The Hall–Kier alpha value is -1.69. The summed E-state index contributed by atoms with van der Waals surface area (Å²) in [5, 5.41) is 3.81. The van der Waals surface area contributed by atoms with Gasteiger partial charge in [-0.15, -0.1) is 0 Å². The molecule has 3 nitrogen and oxygen atoms in total. The van der Waals surface area contributed by atoms with E-state index < -0.39 is 11.7 Å². The Balaban J connectivity index is 2.74. The van der Waals surface area contributed by atoms with Crippen LogP contribution in [0.4, 0.5) is 19.0 Å². The van der Waals surface area contributed by atoms with Crippen LogP contribution in [0, 0.1) is 0 Å². The van der Waals surface area contributed by atoms with Gasteiger partial charge in [-0.05, 0) is 12.1 Å². The fourth-order valence-electron chi connectivity index (χ4n) is 1.67. The molecule has 0 saturated heterocycles. The van der Waals surface area contributed by atoms with E-state index in [9.17, 15) is 13.2 Å². The summed E-state index contributed by atoms with van der Waals surface area (Å²) in [6.45, 7) is 0. The first-order valence-corrected chi connectivity index (χ1v) is 5.33. The van der Waals surface area contributed by atoms with E-state index in [1.165, 1.54) is 23.0 Å². The lowest BCUT2D eigenvalue weighted by molar-refractivity contribution is -0.137. The largest absolute Gasteiger partial charge is 0.417 e. The van der Waals surface area contributed by atoms with Crippen LogP contribution in [-0.2, 0) is 13.2 Å². The van der Waals surface area contributed by atoms with Gasteiger partial charge in [0.05, 0.1) is 11.8 Å². The molecular formula is C11H9ClF3N3. The normalized spacial score (nSPS) is 11.8. The molecule has 1 aromatic heterocycles. The molecule has 2 rings (SSSR count). The molecule has 0 aliphatic heterocycles. The molecule has 7 heteroatoms. The van der Waals surface area contributed by atoms with Gasteiger partial charge < -0.3 is 5.73 Å². The highest BCUT2D eigenvalue weighted by atomic mass is 35.5. The number of nitrogen functional groups attached to an aromatic ring is 1. The monoisotopic (exact) mass is 275 g/mol. The van der Waals surface area contributed by atoms with Crippen LogP contribution < -0.4 is 5.73 Å². The van der Waals surface area contributed by atoms with Gasteiger partial charge in [0.15, 0.2) is 0 Å². The van der Waals surface area contributed by atoms with Crippen molar-refractivity contribution in [1.82, 2.24) is 9.78 Å². The molecule has 2 N–H and O–H groups in total. The predicted octanol–water partition coefficient (Wildman–Crippen LogP) is 3.34. The lowest BCUT2D eigenvalue weighted by Gasteiger charge is -2.13. The van der Waals surface area contributed by atoms with Gasteiger partial charge in [-0.3, -0.25) is 4.68 Å². The van der Waals surface area contributed by atoms with Crippen molar-refractivity contribution < 1.29 is 13.2 Å². The fourth-order valence-corrected chi connectivity index (χ4v) is 1.95. The Morgan fingerprint density at radius 3 is 2.50 bits per heavy atom. The van der Waals surface area contributed by atoms with Crippen LogP contribution in [0.2, 0.25) is 5.02 Å². The van der Waals surface area contributed by atoms with Crippen molar-refractivity contribution in [2.75, 3.05) is 5.73 Å². The quantitative estimate of drug-likeness (QED) is 0.867. The zero-order chi connectivity index (χ0) is 13.5. The third kappa shape index (κ3) is 2.03. The van der Waals surface area contributed by atoms with Crippen LogP contribution in [-0.4, -0.2) is 9.78 Å². The highest BCUT2D eigenvalue weighted by Gasteiger charge is 2.35. The van der Waals surface area contributed by atoms with Gasteiger partial charge in [-0.2, -0.15) is 18.3 Å². The minimum Gasteiger partial charge on any atom is -0.383 e. The third-order valence-electron chi connectivity index (χ3n) is 2.57. The summed E-state index contributed by atoms with van der Waals surface area (Å²) in [6, 6.07) is 3.60. The molecule has 0 radical (unpaired) electrons. The van der Waals surface area contributed by atoms with Gasteiger partial charge in [0.1, 0.15) is 5.82 Å². The first-order valence-electron chi connectivity index (χ1n) is 4.96. The molecule has 0 aliphatic carbocycles. The molecule has 96 valence electrons. The van der Waals surface area contributed by atoms with E-state index in [1.54, 1.807) is 7.05 Å². The number of anilines is 1. The Labute approximate surface area is 106 Å². The number of rotatable bonds is 1. The first kappa shape index (κ1) is 12.8. The minimum absolute atomic E-state index is 0.00970. The van der Waals surface area contributed by atoms with Crippen LogP contribution in [0.5, 0.6) is 0 Å². The maximum atomic E-state index is 12.9. The number of hydrogen-bond donors (Lipinski definition) is 1. The fraction of sp³-hybridized carbons (Fsp3) is 0.182. The average molecular weight is 276 g/mol. The molecule has 0 unspecified atom stereocenters. The van der Waals surface area contributed by atoms with Gasteiger partial charge in [0, 0.05) is 23.2 Å². The lowest BCUT2D eigenvalue weighted by atomic mass is 10.0. The molecule has 0 spiro atoms. The first-order chi connectivity index (χ1) is 8.32. The van der Waals surface area contributed by atoms with Gasteiger partial charge in [-0.25, -0.2) is 0 Å². The zero-order valence-corrected chi connectivity index (χ0v) is 10.0. The number of aryl methyl sites for hydroxylation is 1. The molecule has 0 bridgehead atoms. The summed E-state index contributed by atoms with van der Waals surface area (Å²) in [6.07, 6.45) is -3.23. The molecule has 1 heterocycles. The van der Waals surface area contributed by atoms with Crippen LogP contribution >= 0.6 is 11.6 Å². The number of nitrogens with zero attached hydrogens (tertiary/aromatic N) is 2. The van der Waals surface area contributed by atoms with Crippen molar-refractivity contribution in [2.45, 2.75) is 6.18 Å². The van der Waals surface area contributed by atoms with Crippen molar-refractivity contribution in [3.05, 3.63) is 35.0 Å². The van der Waals surface area contributed by atoms with E-state index in [0.717, 1.165) is 6.07 Å². The van der Waals surface area contributed by atoms with Gasteiger partial charge in [0.25, 0.3) is 0 Å². The third-order valence-corrected chi connectivity index (χ3v) is 2.89. The summed E-state index contributed by atoms with van der Waals surface area (Å²) in [7, 11) is 1.54. The molecule has 0 fully saturated rings. The van der Waals surface area contributed by atoms with E-state index in [0.29, 0.717) is 0 Å². The van der Waals surface area contributed by atoms with E-state index >= 15 is 0 Å². The Morgan fingerprint density at radius 1 is 1.33 bits per heavy atom. The van der Waals surface area contributed by atoms with Gasteiger partial charge in [0.2, 0.25) is 0 Å². The van der Waals surface area contributed by atoms with Gasteiger partial charge >= 0.3 is 6.18 Å². The standard InChI is InChI=1S/C11H9ClF3N3/c1-18-10(16)6(5-17-18)9-7(11(13,14)15)3-2-4-8(9)12/h2-5H,16H2,1H3. The molecule has 0 aliphatic rings. The van der Waals surface area contributed by atoms with E-state index in [1.807, 2.05) is 0 Å². The maximum Gasteiger partial charge on any atom is 0.417 e. The Kier molecular flexibility index (Phi) is 2.98. The summed E-state index contributed by atoms with van der Waals surface area (Å²) in [5.74, 6) is 0.133. The van der Waals surface area contributed by atoms with Crippen LogP contribution in [0.3, 0.4) is 0 Å². The lowest BCUT2D eigenvalue weighted by Crippen LogP contribution is -2.08. The number of halogens is 4. The summed E-state index contributed by atoms with van der Waals surface area (Å²) in [4.78, 5) is 0.